The molecule has 0 saturated carbocycles. The first kappa shape index (κ1) is 15.0. The van der Waals surface area contributed by atoms with E-state index in [2.05, 4.69) is 15.5 Å². The second kappa shape index (κ2) is 4.81. The molecule has 0 bridgehead atoms. The summed E-state index contributed by atoms with van der Waals surface area (Å²) in [6.07, 6.45) is 0. The molecule has 1 saturated heterocycles. The SMILES string of the molecule is CC(C)c1n[nH]c2ccc(C(=O)NC3(C)CS(=O)(=O)C3)cc12. The predicted molar refractivity (Wildman–Crippen MR) is 84.7 cm³/mol. The fourth-order valence-corrected chi connectivity index (χ4v) is 4.96. The van der Waals surface area contributed by atoms with Crippen molar-refractivity contribution >= 4 is 26.6 Å². The number of carbonyl (C=O) groups excluding carboxylic acids is 1. The quantitative estimate of drug-likeness (QED) is 0.898. The lowest BCUT2D eigenvalue weighted by atomic mass is 10.0. The number of H-pyrrole nitrogens is 1. The van der Waals surface area contributed by atoms with Crippen LogP contribution in [0.2, 0.25) is 0 Å². The highest BCUT2D eigenvalue weighted by Crippen LogP contribution is 2.26. The topological polar surface area (TPSA) is 91.9 Å². The van der Waals surface area contributed by atoms with Gasteiger partial charge in [0.2, 0.25) is 0 Å². The van der Waals surface area contributed by atoms with Gasteiger partial charge >= 0.3 is 0 Å². The molecular weight excluding hydrogens is 302 g/mol. The average molecular weight is 321 g/mol. The summed E-state index contributed by atoms with van der Waals surface area (Å²) in [5, 5.41) is 11.0. The number of nitrogens with zero attached hydrogens (tertiary/aromatic N) is 1. The molecule has 7 heteroatoms. The zero-order valence-corrected chi connectivity index (χ0v) is 13.6. The molecule has 3 rings (SSSR count). The van der Waals surface area contributed by atoms with E-state index in [9.17, 15) is 13.2 Å². The first-order chi connectivity index (χ1) is 10.2. The zero-order valence-electron chi connectivity index (χ0n) is 12.8. The van der Waals surface area contributed by atoms with Crippen molar-refractivity contribution in [3.63, 3.8) is 0 Å². The maximum atomic E-state index is 12.4. The molecule has 1 aromatic heterocycles. The van der Waals surface area contributed by atoms with E-state index in [4.69, 9.17) is 0 Å². The van der Waals surface area contributed by atoms with Gasteiger partial charge in [0.05, 0.1) is 28.3 Å². The number of carbonyl (C=O) groups is 1. The molecule has 22 heavy (non-hydrogen) atoms. The Kier molecular flexibility index (Phi) is 3.28. The maximum Gasteiger partial charge on any atom is 0.251 e. The van der Waals surface area contributed by atoms with Crippen LogP contribution in [0.25, 0.3) is 10.9 Å². The summed E-state index contributed by atoms with van der Waals surface area (Å²) in [7, 11) is -2.99. The van der Waals surface area contributed by atoms with E-state index >= 15 is 0 Å². The van der Waals surface area contributed by atoms with E-state index in [0.29, 0.717) is 5.56 Å². The summed E-state index contributed by atoms with van der Waals surface area (Å²) < 4.78 is 22.6. The Balaban J connectivity index is 1.87. The van der Waals surface area contributed by atoms with E-state index in [1.165, 1.54) is 0 Å². The standard InChI is InChI=1S/C15H19N3O3S/c1-9(2)13-11-6-10(4-5-12(11)17-18-13)14(19)16-15(3)7-22(20,21)8-15/h4-6,9H,7-8H2,1-3H3,(H,16,19)(H,17,18). The Morgan fingerprint density at radius 2 is 2.05 bits per heavy atom. The van der Waals surface area contributed by atoms with Crippen molar-refractivity contribution in [2.45, 2.75) is 32.2 Å². The van der Waals surface area contributed by atoms with Crippen LogP contribution in [-0.4, -0.2) is 41.6 Å². The molecular formula is C15H19N3O3S. The van der Waals surface area contributed by atoms with Crippen molar-refractivity contribution in [3.8, 4) is 0 Å². The van der Waals surface area contributed by atoms with E-state index < -0.39 is 15.4 Å². The molecule has 0 spiro atoms. The first-order valence-electron chi connectivity index (χ1n) is 7.20. The Hall–Kier alpha value is -1.89. The van der Waals surface area contributed by atoms with Crippen molar-refractivity contribution in [1.82, 2.24) is 15.5 Å². The van der Waals surface area contributed by atoms with Crippen molar-refractivity contribution < 1.29 is 13.2 Å². The molecule has 6 nitrogen and oxygen atoms in total. The minimum atomic E-state index is -2.99. The number of hydrogen-bond acceptors (Lipinski definition) is 4. The van der Waals surface area contributed by atoms with Gasteiger partial charge in [-0.25, -0.2) is 8.42 Å². The molecule has 1 aliphatic rings. The zero-order chi connectivity index (χ0) is 16.1. The van der Waals surface area contributed by atoms with Crippen molar-refractivity contribution in [1.29, 1.82) is 0 Å². The van der Waals surface area contributed by atoms with Gasteiger partial charge in [-0.2, -0.15) is 5.10 Å². The summed E-state index contributed by atoms with van der Waals surface area (Å²) >= 11 is 0. The Morgan fingerprint density at radius 3 is 2.64 bits per heavy atom. The van der Waals surface area contributed by atoms with Gasteiger partial charge in [0.15, 0.2) is 9.84 Å². The molecule has 1 fully saturated rings. The van der Waals surface area contributed by atoms with Gasteiger partial charge in [-0.05, 0) is 31.0 Å². The molecule has 2 N–H and O–H groups in total. The van der Waals surface area contributed by atoms with Gasteiger partial charge in [0, 0.05) is 10.9 Å². The number of fused-ring (bicyclic) bond motifs is 1. The van der Waals surface area contributed by atoms with Crippen LogP contribution < -0.4 is 5.32 Å². The number of rotatable bonds is 3. The third-order valence-electron chi connectivity index (χ3n) is 3.89. The molecule has 2 heterocycles. The monoisotopic (exact) mass is 321 g/mol. The lowest BCUT2D eigenvalue weighted by molar-refractivity contribution is 0.0917. The number of aromatic amines is 1. The van der Waals surface area contributed by atoms with Crippen LogP contribution >= 0.6 is 0 Å². The van der Waals surface area contributed by atoms with Crippen LogP contribution in [0.5, 0.6) is 0 Å². The molecule has 118 valence electrons. The van der Waals surface area contributed by atoms with E-state index in [1.54, 1.807) is 19.1 Å². The van der Waals surface area contributed by atoms with Crippen LogP contribution in [0.15, 0.2) is 18.2 Å². The van der Waals surface area contributed by atoms with Crippen molar-refractivity contribution in [2.75, 3.05) is 11.5 Å². The number of benzene rings is 1. The summed E-state index contributed by atoms with van der Waals surface area (Å²) in [5.74, 6) is -0.00926. The molecule has 0 aliphatic carbocycles. The number of aromatic nitrogens is 2. The Labute approximate surface area is 129 Å². The van der Waals surface area contributed by atoms with Gasteiger partial charge in [0.1, 0.15) is 0 Å². The van der Waals surface area contributed by atoms with Crippen LogP contribution in [0.4, 0.5) is 0 Å². The normalized spacial score (nSPS) is 19.1. The number of amides is 1. The number of sulfone groups is 1. The van der Waals surface area contributed by atoms with E-state index in [0.717, 1.165) is 16.6 Å². The van der Waals surface area contributed by atoms with Crippen molar-refractivity contribution in [3.05, 3.63) is 29.5 Å². The lowest BCUT2D eigenvalue weighted by Gasteiger charge is -2.38. The average Bonchev–Trinajstić information content (AvgIpc) is 2.78. The second-order valence-corrected chi connectivity index (χ2v) is 8.64. The number of nitrogens with one attached hydrogen (secondary N) is 2. The third-order valence-corrected chi connectivity index (χ3v) is 6.05. The van der Waals surface area contributed by atoms with Gasteiger partial charge in [-0.1, -0.05) is 13.8 Å². The molecule has 0 atom stereocenters. The third kappa shape index (κ3) is 2.61. The maximum absolute atomic E-state index is 12.4. The van der Waals surface area contributed by atoms with Gasteiger partial charge in [-0.3, -0.25) is 9.89 Å². The highest BCUT2D eigenvalue weighted by molar-refractivity contribution is 7.93. The Bertz CT molecular complexity index is 840. The van der Waals surface area contributed by atoms with E-state index in [1.807, 2.05) is 19.9 Å². The smallest absolute Gasteiger partial charge is 0.251 e. The largest absolute Gasteiger partial charge is 0.345 e. The fraction of sp³-hybridized carbons (Fsp3) is 0.467. The summed E-state index contributed by atoms with van der Waals surface area (Å²) in [4.78, 5) is 12.4. The highest BCUT2D eigenvalue weighted by atomic mass is 32.2. The number of hydrogen-bond donors (Lipinski definition) is 2. The predicted octanol–water partition coefficient (Wildman–Crippen LogP) is 1.60. The first-order valence-corrected chi connectivity index (χ1v) is 9.02. The molecule has 1 amide bonds. The second-order valence-electron chi connectivity index (χ2n) is 6.57. The van der Waals surface area contributed by atoms with Gasteiger partial charge < -0.3 is 5.32 Å². The van der Waals surface area contributed by atoms with Crippen LogP contribution in [0.3, 0.4) is 0 Å². The van der Waals surface area contributed by atoms with E-state index in [-0.39, 0.29) is 23.3 Å². The minimum absolute atomic E-state index is 0.00304. The van der Waals surface area contributed by atoms with Crippen LogP contribution in [0.1, 0.15) is 42.7 Å². The Morgan fingerprint density at radius 1 is 1.36 bits per heavy atom. The van der Waals surface area contributed by atoms with Crippen LogP contribution in [-0.2, 0) is 9.84 Å². The molecule has 1 aromatic carbocycles. The summed E-state index contributed by atoms with van der Waals surface area (Å²) in [6.45, 7) is 5.84. The fourth-order valence-electron chi connectivity index (χ4n) is 2.96. The lowest BCUT2D eigenvalue weighted by Crippen LogP contribution is -2.63. The molecule has 2 aromatic rings. The van der Waals surface area contributed by atoms with Crippen molar-refractivity contribution in [2.24, 2.45) is 0 Å². The van der Waals surface area contributed by atoms with Crippen LogP contribution in [0, 0.1) is 0 Å². The molecule has 0 radical (unpaired) electrons. The highest BCUT2D eigenvalue weighted by Gasteiger charge is 2.45. The van der Waals surface area contributed by atoms with Gasteiger partial charge in [0.25, 0.3) is 5.91 Å². The minimum Gasteiger partial charge on any atom is -0.345 e. The molecule has 1 aliphatic heterocycles. The summed E-state index contributed by atoms with van der Waals surface area (Å²) in [5.41, 5.74) is 1.66. The van der Waals surface area contributed by atoms with Gasteiger partial charge in [-0.15, -0.1) is 0 Å². The summed E-state index contributed by atoms with van der Waals surface area (Å²) in [6, 6.07) is 5.35. The molecule has 0 unspecified atom stereocenters.